The zero-order valence-corrected chi connectivity index (χ0v) is 20.9. The highest BCUT2D eigenvalue weighted by Gasteiger charge is 2.39. The van der Waals surface area contributed by atoms with Gasteiger partial charge in [-0.3, -0.25) is 9.98 Å². The minimum atomic E-state index is -0.379. The van der Waals surface area contributed by atoms with Crippen LogP contribution in [0.1, 0.15) is 25.7 Å². The zero-order valence-electron chi connectivity index (χ0n) is 20.9. The highest BCUT2D eigenvalue weighted by Crippen LogP contribution is 2.37. The molecule has 0 radical (unpaired) electrons. The lowest BCUT2D eigenvalue weighted by molar-refractivity contribution is 0.599. The van der Waals surface area contributed by atoms with E-state index < -0.39 is 0 Å². The van der Waals surface area contributed by atoms with Gasteiger partial charge in [0, 0.05) is 53.4 Å². The molecule has 190 valence electrons. The summed E-state index contributed by atoms with van der Waals surface area (Å²) < 4.78 is 14.5. The summed E-state index contributed by atoms with van der Waals surface area (Å²) in [5.74, 6) is 1.83. The first kappa shape index (κ1) is 22.0. The minimum Gasteiger partial charge on any atom is -0.351 e. The fraction of sp³-hybridized carbons (Fsp3) is 0.345. The number of fused-ring (bicyclic) bond motifs is 3. The molecule has 1 aliphatic carbocycles. The fourth-order valence-electron chi connectivity index (χ4n) is 6.34. The van der Waals surface area contributed by atoms with Crippen LogP contribution < -0.4 is 20.8 Å². The van der Waals surface area contributed by atoms with Gasteiger partial charge in [-0.15, -0.1) is 0 Å². The van der Waals surface area contributed by atoms with E-state index in [2.05, 4.69) is 42.5 Å². The summed E-state index contributed by atoms with van der Waals surface area (Å²) in [6.45, 7) is 2.62. The predicted molar refractivity (Wildman–Crippen MR) is 146 cm³/mol. The molecule has 1 unspecified atom stereocenters. The largest absolute Gasteiger partial charge is 0.351 e. The molecule has 3 aliphatic heterocycles. The van der Waals surface area contributed by atoms with Crippen LogP contribution in [0, 0.1) is 11.7 Å². The maximum Gasteiger partial charge on any atom is 0.162 e. The number of aliphatic imine (C=N–C) groups is 1. The van der Waals surface area contributed by atoms with Crippen molar-refractivity contribution in [3.8, 4) is 22.8 Å². The molecule has 4 aromatic heterocycles. The van der Waals surface area contributed by atoms with Crippen molar-refractivity contribution in [1.82, 2.24) is 30.2 Å². The molecule has 3 fully saturated rings. The van der Waals surface area contributed by atoms with Gasteiger partial charge in [0.2, 0.25) is 0 Å². The predicted octanol–water partition coefficient (Wildman–Crippen LogP) is 2.59. The van der Waals surface area contributed by atoms with Gasteiger partial charge in [-0.1, -0.05) is 0 Å². The second-order valence-corrected chi connectivity index (χ2v) is 10.6. The third-order valence-corrected chi connectivity index (χ3v) is 8.30. The topological polar surface area (TPSA) is 95.0 Å². The van der Waals surface area contributed by atoms with Crippen molar-refractivity contribution in [2.75, 3.05) is 24.5 Å². The summed E-state index contributed by atoms with van der Waals surface area (Å²) in [5.41, 5.74) is 3.65. The van der Waals surface area contributed by atoms with E-state index in [1.165, 1.54) is 24.5 Å². The Morgan fingerprint density at radius 1 is 1.03 bits per heavy atom. The Hall–Kier alpha value is -3.98. The van der Waals surface area contributed by atoms with Gasteiger partial charge in [-0.25, -0.2) is 19.3 Å². The van der Waals surface area contributed by atoms with Crippen molar-refractivity contribution in [2.24, 2.45) is 10.9 Å². The number of anilines is 1. The molecule has 0 aromatic carbocycles. The average molecular weight is 507 g/mol. The SMILES string of the molecule is Fc1cccnc1-c1cc2c(-c3nc(N4CC[C@H]5NCCC54)c4c(n3)=CCN=CC=4C3CC3)ccnc2[nH]1. The van der Waals surface area contributed by atoms with Crippen LogP contribution in [0.4, 0.5) is 10.2 Å². The fourth-order valence-corrected chi connectivity index (χ4v) is 6.34. The van der Waals surface area contributed by atoms with Gasteiger partial charge < -0.3 is 15.2 Å². The lowest BCUT2D eigenvalue weighted by atomic mass is 10.1. The molecule has 9 heteroatoms. The highest BCUT2D eigenvalue weighted by molar-refractivity contribution is 6.05. The van der Waals surface area contributed by atoms with Crippen LogP contribution in [0.25, 0.3) is 45.5 Å². The second kappa shape index (κ2) is 8.52. The first-order chi connectivity index (χ1) is 18.7. The maximum atomic E-state index is 14.5. The standard InChI is InChI=1S/C29H27FN8/c30-20-2-1-9-33-26(20)23-14-18-17(5-11-34-27(18)36-23)28-35-22-6-10-31-15-19(16-3-4-16)25(22)29(37-28)38-13-8-21-24(38)7-12-32-21/h1-2,5-6,9,11,14-16,21,24,32H,3-4,7-8,10,12-13H2,(H,34,36)/t21-,24?/m1/s1. The Kier molecular flexibility index (Phi) is 4.95. The number of hydrogen-bond acceptors (Lipinski definition) is 7. The van der Waals surface area contributed by atoms with E-state index in [1.807, 2.05) is 12.1 Å². The van der Waals surface area contributed by atoms with E-state index >= 15 is 0 Å². The number of pyridine rings is 2. The van der Waals surface area contributed by atoms with Crippen molar-refractivity contribution in [2.45, 2.75) is 37.8 Å². The van der Waals surface area contributed by atoms with Crippen molar-refractivity contribution in [1.29, 1.82) is 0 Å². The monoisotopic (exact) mass is 506 g/mol. The smallest absolute Gasteiger partial charge is 0.162 e. The summed E-state index contributed by atoms with van der Waals surface area (Å²) in [7, 11) is 0. The number of hydrogen-bond donors (Lipinski definition) is 2. The second-order valence-electron chi connectivity index (χ2n) is 10.6. The Bertz CT molecular complexity index is 1740. The summed E-state index contributed by atoms with van der Waals surface area (Å²) >= 11 is 0. The molecule has 0 amide bonds. The van der Waals surface area contributed by atoms with E-state index in [-0.39, 0.29) is 11.5 Å². The average Bonchev–Trinajstić information content (AvgIpc) is 3.38. The highest BCUT2D eigenvalue weighted by atomic mass is 19.1. The van der Waals surface area contributed by atoms with Crippen molar-refractivity contribution < 1.29 is 4.39 Å². The first-order valence-corrected chi connectivity index (χ1v) is 13.5. The first-order valence-electron chi connectivity index (χ1n) is 13.5. The minimum absolute atomic E-state index is 0.269. The molecule has 7 heterocycles. The maximum absolute atomic E-state index is 14.5. The van der Waals surface area contributed by atoms with Crippen LogP contribution in [-0.2, 0) is 0 Å². The summed E-state index contributed by atoms with van der Waals surface area (Å²) in [4.78, 5) is 29.6. The quantitative estimate of drug-likeness (QED) is 0.442. The molecule has 8 rings (SSSR count). The van der Waals surface area contributed by atoms with Crippen molar-refractivity contribution >= 4 is 34.7 Å². The van der Waals surface area contributed by atoms with E-state index in [9.17, 15) is 4.39 Å². The van der Waals surface area contributed by atoms with Gasteiger partial charge in [0.05, 0.1) is 17.6 Å². The van der Waals surface area contributed by atoms with E-state index in [1.54, 1.807) is 18.5 Å². The number of nitrogens with one attached hydrogen (secondary N) is 2. The van der Waals surface area contributed by atoms with Gasteiger partial charge >= 0.3 is 0 Å². The van der Waals surface area contributed by atoms with E-state index in [0.717, 1.165) is 53.3 Å². The summed E-state index contributed by atoms with van der Waals surface area (Å²) in [6.07, 6.45) is 12.2. The van der Waals surface area contributed by atoms with Crippen molar-refractivity contribution in [3.63, 3.8) is 0 Å². The van der Waals surface area contributed by atoms with Crippen LogP contribution >= 0.6 is 0 Å². The van der Waals surface area contributed by atoms with E-state index in [4.69, 9.17) is 9.97 Å². The van der Waals surface area contributed by atoms with Gasteiger partial charge in [0.15, 0.2) is 11.6 Å². The number of H-pyrrole nitrogens is 1. The lowest BCUT2D eigenvalue weighted by Gasteiger charge is -2.26. The zero-order chi connectivity index (χ0) is 25.2. The Morgan fingerprint density at radius 3 is 2.87 bits per heavy atom. The summed E-state index contributed by atoms with van der Waals surface area (Å²) in [6, 6.07) is 7.79. The lowest BCUT2D eigenvalue weighted by Crippen LogP contribution is -2.43. The molecule has 2 N–H and O–H groups in total. The van der Waals surface area contributed by atoms with Crippen LogP contribution in [0.15, 0.2) is 41.7 Å². The molecule has 2 atom stereocenters. The molecule has 0 bridgehead atoms. The third kappa shape index (κ3) is 3.49. The normalized spacial score (nSPS) is 22.4. The van der Waals surface area contributed by atoms with Gasteiger partial charge in [-0.2, -0.15) is 0 Å². The van der Waals surface area contributed by atoms with Crippen molar-refractivity contribution in [3.05, 3.63) is 53.0 Å². The molecular formula is C29H27FN8. The van der Waals surface area contributed by atoms with Gasteiger partial charge in [-0.05, 0) is 74.1 Å². The van der Waals surface area contributed by atoms with Crippen LogP contribution in [0.5, 0.6) is 0 Å². The summed E-state index contributed by atoms with van der Waals surface area (Å²) in [5, 5.41) is 6.63. The molecule has 2 saturated heterocycles. The third-order valence-electron chi connectivity index (χ3n) is 8.30. The van der Waals surface area contributed by atoms with Crippen LogP contribution in [0.2, 0.25) is 0 Å². The van der Waals surface area contributed by atoms with Crippen LogP contribution in [-0.4, -0.2) is 62.9 Å². The van der Waals surface area contributed by atoms with Gasteiger partial charge in [0.25, 0.3) is 0 Å². The van der Waals surface area contributed by atoms with Crippen LogP contribution in [0.3, 0.4) is 0 Å². The number of halogens is 1. The molecule has 0 spiro atoms. The Labute approximate surface area is 218 Å². The molecular weight excluding hydrogens is 479 g/mol. The number of aromatic amines is 1. The Balaban J connectivity index is 1.36. The molecule has 4 aliphatic rings. The molecule has 4 aromatic rings. The van der Waals surface area contributed by atoms with E-state index in [0.29, 0.717) is 41.7 Å². The molecule has 8 nitrogen and oxygen atoms in total. The molecule has 1 saturated carbocycles. The Morgan fingerprint density at radius 2 is 1.97 bits per heavy atom. The number of nitrogens with zero attached hydrogens (tertiary/aromatic N) is 6. The van der Waals surface area contributed by atoms with Gasteiger partial charge in [0.1, 0.15) is 17.2 Å². The molecule has 38 heavy (non-hydrogen) atoms. The number of aromatic nitrogens is 5. The number of rotatable bonds is 4.